The second kappa shape index (κ2) is 5.75. The summed E-state index contributed by atoms with van der Waals surface area (Å²) in [5, 5.41) is 15.3. The van der Waals surface area contributed by atoms with E-state index in [1.54, 1.807) is 30.5 Å². The number of amides is 1. The van der Waals surface area contributed by atoms with E-state index < -0.39 is 5.91 Å². The Labute approximate surface area is 108 Å². The number of carbonyl (C=O) groups is 1. The standard InChI is InChI=1S/C13H9N3OS/c14-8-11(7-10-4-6-18-9-10)13(17)16-12-3-1-2-5-15-12/h1-7,9H,(H,15,16,17)/b11-7-. The van der Waals surface area contributed by atoms with Gasteiger partial charge in [0.25, 0.3) is 5.91 Å². The zero-order chi connectivity index (χ0) is 12.8. The second-order valence-electron chi connectivity index (χ2n) is 3.40. The lowest BCUT2D eigenvalue weighted by Gasteiger charge is -2.01. The van der Waals surface area contributed by atoms with Crippen molar-refractivity contribution in [1.82, 2.24) is 4.98 Å². The fraction of sp³-hybridized carbons (Fsp3) is 0. The van der Waals surface area contributed by atoms with Gasteiger partial charge in [0.15, 0.2) is 0 Å². The molecule has 5 heteroatoms. The molecule has 0 saturated heterocycles. The molecule has 88 valence electrons. The highest BCUT2D eigenvalue weighted by molar-refractivity contribution is 7.08. The van der Waals surface area contributed by atoms with Crippen LogP contribution in [0.3, 0.4) is 0 Å². The zero-order valence-corrected chi connectivity index (χ0v) is 10.1. The van der Waals surface area contributed by atoms with Crippen LogP contribution in [0.4, 0.5) is 5.82 Å². The van der Waals surface area contributed by atoms with Gasteiger partial charge in [-0.15, -0.1) is 0 Å². The van der Waals surface area contributed by atoms with Crippen LogP contribution >= 0.6 is 11.3 Å². The third-order valence-corrected chi connectivity index (χ3v) is 2.83. The number of carbonyl (C=O) groups excluding carboxylic acids is 1. The van der Waals surface area contributed by atoms with E-state index in [1.165, 1.54) is 11.3 Å². The van der Waals surface area contributed by atoms with E-state index in [0.29, 0.717) is 5.82 Å². The molecule has 2 heterocycles. The lowest BCUT2D eigenvalue weighted by Crippen LogP contribution is -2.14. The maximum Gasteiger partial charge on any atom is 0.267 e. The van der Waals surface area contributed by atoms with Crippen molar-refractivity contribution in [3.8, 4) is 6.07 Å². The van der Waals surface area contributed by atoms with E-state index in [0.717, 1.165) is 5.56 Å². The summed E-state index contributed by atoms with van der Waals surface area (Å²) in [6, 6.07) is 8.91. The third-order valence-electron chi connectivity index (χ3n) is 2.13. The number of nitrogens with one attached hydrogen (secondary N) is 1. The molecule has 1 amide bonds. The molecule has 2 rings (SSSR count). The number of nitriles is 1. The van der Waals surface area contributed by atoms with Crippen molar-refractivity contribution in [3.05, 3.63) is 52.4 Å². The van der Waals surface area contributed by atoms with Gasteiger partial charge in [0, 0.05) is 6.20 Å². The minimum atomic E-state index is -0.456. The van der Waals surface area contributed by atoms with Crippen molar-refractivity contribution >= 4 is 29.1 Å². The molecular formula is C13H9N3OS. The zero-order valence-electron chi connectivity index (χ0n) is 9.33. The van der Waals surface area contributed by atoms with Crippen molar-refractivity contribution in [2.75, 3.05) is 5.32 Å². The lowest BCUT2D eigenvalue weighted by molar-refractivity contribution is -0.112. The number of aromatic nitrogens is 1. The van der Waals surface area contributed by atoms with E-state index in [1.807, 2.05) is 22.9 Å². The molecule has 2 aromatic rings. The summed E-state index contributed by atoms with van der Waals surface area (Å²) in [6.07, 6.45) is 3.12. The molecule has 0 aromatic carbocycles. The number of pyridine rings is 1. The highest BCUT2D eigenvalue weighted by Crippen LogP contribution is 2.12. The maximum absolute atomic E-state index is 11.8. The smallest absolute Gasteiger partial charge is 0.267 e. The predicted molar refractivity (Wildman–Crippen MR) is 70.8 cm³/mol. The van der Waals surface area contributed by atoms with E-state index in [-0.39, 0.29) is 5.57 Å². The number of nitrogens with zero attached hydrogens (tertiary/aromatic N) is 2. The first-order valence-electron chi connectivity index (χ1n) is 5.16. The molecule has 0 saturated carbocycles. The fourth-order valence-corrected chi connectivity index (χ4v) is 1.91. The van der Waals surface area contributed by atoms with Crippen molar-refractivity contribution in [1.29, 1.82) is 5.26 Å². The molecule has 0 radical (unpaired) electrons. The van der Waals surface area contributed by atoms with Crippen molar-refractivity contribution < 1.29 is 4.79 Å². The predicted octanol–water partition coefficient (Wildman–Crippen LogP) is 2.69. The first-order chi connectivity index (χ1) is 8.79. The van der Waals surface area contributed by atoms with Gasteiger partial charge >= 0.3 is 0 Å². The quantitative estimate of drug-likeness (QED) is 0.677. The second-order valence-corrected chi connectivity index (χ2v) is 4.18. The summed E-state index contributed by atoms with van der Waals surface area (Å²) in [4.78, 5) is 15.8. The molecule has 0 aliphatic rings. The summed E-state index contributed by atoms with van der Waals surface area (Å²) in [7, 11) is 0. The summed E-state index contributed by atoms with van der Waals surface area (Å²) < 4.78 is 0. The fourth-order valence-electron chi connectivity index (χ4n) is 1.29. The van der Waals surface area contributed by atoms with Crippen LogP contribution in [0.2, 0.25) is 0 Å². The molecule has 0 aliphatic heterocycles. The number of hydrogen-bond acceptors (Lipinski definition) is 4. The normalized spacial score (nSPS) is 10.7. The van der Waals surface area contributed by atoms with Crippen LogP contribution in [0.25, 0.3) is 6.08 Å². The van der Waals surface area contributed by atoms with Crippen LogP contribution in [0.1, 0.15) is 5.56 Å². The molecule has 4 nitrogen and oxygen atoms in total. The van der Waals surface area contributed by atoms with Crippen LogP contribution in [-0.2, 0) is 4.79 Å². The molecule has 0 aliphatic carbocycles. The molecule has 0 bridgehead atoms. The average molecular weight is 255 g/mol. The van der Waals surface area contributed by atoms with Gasteiger partial charge in [-0.2, -0.15) is 16.6 Å². The topological polar surface area (TPSA) is 65.8 Å². The Morgan fingerprint density at radius 1 is 1.44 bits per heavy atom. The van der Waals surface area contributed by atoms with Gasteiger partial charge in [-0.3, -0.25) is 4.79 Å². The molecule has 0 spiro atoms. The number of rotatable bonds is 3. The third kappa shape index (κ3) is 3.03. The monoisotopic (exact) mass is 255 g/mol. The van der Waals surface area contributed by atoms with E-state index in [2.05, 4.69) is 10.3 Å². The van der Waals surface area contributed by atoms with Crippen LogP contribution < -0.4 is 5.32 Å². The van der Waals surface area contributed by atoms with Crippen LogP contribution in [0, 0.1) is 11.3 Å². The number of hydrogen-bond donors (Lipinski definition) is 1. The van der Waals surface area contributed by atoms with Gasteiger partial charge in [-0.25, -0.2) is 4.98 Å². The Bertz CT molecular complexity index is 597. The highest BCUT2D eigenvalue weighted by atomic mass is 32.1. The van der Waals surface area contributed by atoms with Gasteiger partial charge in [-0.1, -0.05) is 6.07 Å². The van der Waals surface area contributed by atoms with Crippen LogP contribution in [0.15, 0.2) is 46.8 Å². The Morgan fingerprint density at radius 3 is 2.94 bits per heavy atom. The first-order valence-corrected chi connectivity index (χ1v) is 6.10. The number of anilines is 1. The molecular weight excluding hydrogens is 246 g/mol. The Balaban J connectivity index is 2.15. The molecule has 1 N–H and O–H groups in total. The Hall–Kier alpha value is -2.45. The van der Waals surface area contributed by atoms with Crippen LogP contribution in [-0.4, -0.2) is 10.9 Å². The molecule has 18 heavy (non-hydrogen) atoms. The van der Waals surface area contributed by atoms with E-state index in [4.69, 9.17) is 5.26 Å². The Kier molecular flexibility index (Phi) is 3.84. The maximum atomic E-state index is 11.8. The molecule has 2 aromatic heterocycles. The number of thiophene rings is 1. The van der Waals surface area contributed by atoms with Crippen molar-refractivity contribution in [2.45, 2.75) is 0 Å². The minimum Gasteiger partial charge on any atom is -0.306 e. The summed E-state index contributed by atoms with van der Waals surface area (Å²) in [5.74, 6) is -0.0311. The van der Waals surface area contributed by atoms with Crippen molar-refractivity contribution in [2.24, 2.45) is 0 Å². The SMILES string of the molecule is N#C/C(=C/c1ccsc1)C(=O)Nc1ccccn1. The van der Waals surface area contributed by atoms with Gasteiger partial charge in [0.05, 0.1) is 0 Å². The molecule has 0 unspecified atom stereocenters. The summed E-state index contributed by atoms with van der Waals surface area (Å²) >= 11 is 1.51. The summed E-state index contributed by atoms with van der Waals surface area (Å²) in [5.41, 5.74) is 0.895. The van der Waals surface area contributed by atoms with Gasteiger partial charge < -0.3 is 5.32 Å². The van der Waals surface area contributed by atoms with E-state index in [9.17, 15) is 4.79 Å². The van der Waals surface area contributed by atoms with Crippen LogP contribution in [0.5, 0.6) is 0 Å². The van der Waals surface area contributed by atoms with E-state index >= 15 is 0 Å². The molecule has 0 fully saturated rings. The lowest BCUT2D eigenvalue weighted by atomic mass is 10.2. The minimum absolute atomic E-state index is 0.0547. The summed E-state index contributed by atoms with van der Waals surface area (Å²) in [6.45, 7) is 0. The average Bonchev–Trinajstić information content (AvgIpc) is 2.90. The van der Waals surface area contributed by atoms with Gasteiger partial charge in [0.2, 0.25) is 0 Å². The Morgan fingerprint density at radius 2 is 2.33 bits per heavy atom. The highest BCUT2D eigenvalue weighted by Gasteiger charge is 2.09. The van der Waals surface area contributed by atoms with Gasteiger partial charge in [0.1, 0.15) is 17.5 Å². The largest absolute Gasteiger partial charge is 0.306 e. The van der Waals surface area contributed by atoms with Crippen molar-refractivity contribution in [3.63, 3.8) is 0 Å². The molecule has 0 atom stereocenters. The van der Waals surface area contributed by atoms with Gasteiger partial charge in [-0.05, 0) is 40.6 Å². The first kappa shape index (κ1) is 12.0.